The Morgan fingerprint density at radius 3 is 2.57 bits per heavy atom. The van der Waals surface area contributed by atoms with Crippen molar-refractivity contribution in [3.63, 3.8) is 0 Å². The molecule has 0 aliphatic carbocycles. The number of fused-ring (bicyclic) bond motifs is 1. The lowest BCUT2D eigenvalue weighted by molar-refractivity contribution is -0.120. The minimum absolute atomic E-state index is 0.0230. The van der Waals surface area contributed by atoms with Crippen LogP contribution < -0.4 is 5.32 Å². The molecular weight excluding hydrogens is 352 g/mol. The van der Waals surface area contributed by atoms with Crippen molar-refractivity contribution in [3.05, 3.63) is 58.7 Å². The predicted molar refractivity (Wildman–Crippen MR) is 109 cm³/mol. The fourth-order valence-corrected chi connectivity index (χ4v) is 3.40. The van der Waals surface area contributed by atoms with Crippen LogP contribution >= 0.6 is 0 Å². The van der Waals surface area contributed by atoms with Crippen LogP contribution in [0, 0.1) is 13.8 Å². The average Bonchev–Trinajstić information content (AvgIpc) is 3.17. The second-order valence-electron chi connectivity index (χ2n) is 6.92. The minimum atomic E-state index is -0.0230. The molecule has 2 aromatic heterocycles. The maximum Gasteiger partial charge on any atom is 0.252 e. The molecule has 0 radical (unpaired) electrons. The van der Waals surface area contributed by atoms with Gasteiger partial charge in [0.2, 0.25) is 5.91 Å². The molecule has 0 saturated carbocycles. The monoisotopic (exact) mass is 380 g/mol. The third-order valence-electron chi connectivity index (χ3n) is 5.21. The van der Waals surface area contributed by atoms with Gasteiger partial charge in [-0.1, -0.05) is 38.1 Å². The molecule has 3 aromatic rings. The van der Waals surface area contributed by atoms with E-state index in [0.29, 0.717) is 12.3 Å². The molecule has 0 saturated heterocycles. The second kappa shape index (κ2) is 8.93. The Morgan fingerprint density at radius 2 is 1.86 bits per heavy atom. The van der Waals surface area contributed by atoms with E-state index >= 15 is 0 Å². The zero-order valence-electron chi connectivity index (χ0n) is 17.1. The van der Waals surface area contributed by atoms with Crippen LogP contribution in [0.5, 0.6) is 0 Å². The first-order chi connectivity index (χ1) is 13.5. The summed E-state index contributed by atoms with van der Waals surface area (Å²) in [5.41, 5.74) is 5.02. The lowest BCUT2D eigenvalue weighted by atomic mass is 10.1. The molecule has 3 rings (SSSR count). The Balaban J connectivity index is 1.69. The van der Waals surface area contributed by atoms with Crippen molar-refractivity contribution in [3.8, 4) is 0 Å². The molecule has 28 heavy (non-hydrogen) atoms. The predicted octanol–water partition coefficient (Wildman–Crippen LogP) is 2.44. The molecule has 7 heteroatoms. The number of benzene rings is 1. The van der Waals surface area contributed by atoms with Gasteiger partial charge in [-0.15, -0.1) is 0 Å². The number of amides is 1. The van der Waals surface area contributed by atoms with Gasteiger partial charge in [0.15, 0.2) is 0 Å². The van der Waals surface area contributed by atoms with Gasteiger partial charge in [-0.3, -0.25) is 9.69 Å². The molecule has 0 fully saturated rings. The van der Waals surface area contributed by atoms with Gasteiger partial charge in [-0.25, -0.2) is 9.50 Å². The summed E-state index contributed by atoms with van der Waals surface area (Å²) in [5.74, 6) is 0.537. The summed E-state index contributed by atoms with van der Waals surface area (Å²) in [7, 11) is 0. The van der Waals surface area contributed by atoms with Crippen LogP contribution in [-0.4, -0.2) is 43.5 Å². The van der Waals surface area contributed by atoms with Crippen molar-refractivity contribution in [2.24, 2.45) is 0 Å². The molecule has 2 heterocycles. The van der Waals surface area contributed by atoms with Crippen LogP contribution in [0.25, 0.3) is 5.78 Å². The number of nitrogens with zero attached hydrogens (tertiary/aromatic N) is 5. The highest BCUT2D eigenvalue weighted by Crippen LogP contribution is 2.15. The number of hydrogen-bond donors (Lipinski definition) is 1. The Labute approximate surface area is 165 Å². The van der Waals surface area contributed by atoms with Crippen LogP contribution in [0.3, 0.4) is 0 Å². The molecule has 148 valence electrons. The fraction of sp³-hybridized carbons (Fsp3) is 0.429. The molecule has 1 amide bonds. The normalized spacial score (nSPS) is 11.3. The van der Waals surface area contributed by atoms with Gasteiger partial charge in [-0.05, 0) is 38.1 Å². The maximum absolute atomic E-state index is 12.6. The fourth-order valence-electron chi connectivity index (χ4n) is 3.40. The van der Waals surface area contributed by atoms with Gasteiger partial charge in [0, 0.05) is 30.0 Å². The third kappa shape index (κ3) is 4.36. The van der Waals surface area contributed by atoms with E-state index in [1.807, 2.05) is 19.9 Å². The number of aromatic nitrogens is 4. The van der Waals surface area contributed by atoms with E-state index in [0.717, 1.165) is 42.1 Å². The Hall–Kier alpha value is -2.80. The van der Waals surface area contributed by atoms with E-state index in [-0.39, 0.29) is 12.3 Å². The van der Waals surface area contributed by atoms with Gasteiger partial charge in [-0.2, -0.15) is 10.1 Å². The summed E-state index contributed by atoms with van der Waals surface area (Å²) in [4.78, 5) is 23.5. The number of rotatable bonds is 8. The molecular formula is C21H28N6O. The summed E-state index contributed by atoms with van der Waals surface area (Å²) in [6.07, 6.45) is 1.75. The van der Waals surface area contributed by atoms with Gasteiger partial charge < -0.3 is 5.32 Å². The topological polar surface area (TPSA) is 75.4 Å². The number of aryl methyl sites for hydroxylation is 2. The number of hydrogen-bond acceptors (Lipinski definition) is 5. The van der Waals surface area contributed by atoms with Crippen LogP contribution in [0.15, 0.2) is 30.6 Å². The lowest BCUT2D eigenvalue weighted by Crippen LogP contribution is -2.27. The number of carbonyl (C=O) groups excluding carboxylic acids is 1. The van der Waals surface area contributed by atoms with E-state index in [2.05, 4.69) is 57.3 Å². The summed E-state index contributed by atoms with van der Waals surface area (Å²) in [6.45, 7) is 11.6. The molecule has 1 aromatic carbocycles. The third-order valence-corrected chi connectivity index (χ3v) is 5.21. The highest BCUT2D eigenvalue weighted by atomic mass is 16.1. The molecule has 0 unspecified atom stereocenters. The molecule has 0 aliphatic rings. The van der Waals surface area contributed by atoms with Gasteiger partial charge >= 0.3 is 0 Å². The number of nitrogens with one attached hydrogen (secondary N) is 1. The van der Waals surface area contributed by atoms with Crippen LogP contribution in [-0.2, 0) is 24.3 Å². The van der Waals surface area contributed by atoms with Crippen molar-refractivity contribution in [1.29, 1.82) is 0 Å². The standard InChI is InChI=1S/C21H28N6O/c1-5-26(6-2)13-18-10-8-7-9-17(18)12-22-20(28)11-19-15(3)25-21-23-14-24-27(21)16(19)4/h7-10,14H,5-6,11-13H2,1-4H3,(H,22,28). The Kier molecular flexibility index (Phi) is 6.36. The first-order valence-electron chi connectivity index (χ1n) is 9.75. The SMILES string of the molecule is CCN(CC)Cc1ccccc1CNC(=O)Cc1c(C)nc2ncnn2c1C. The summed E-state index contributed by atoms with van der Waals surface area (Å²) in [6, 6.07) is 8.29. The van der Waals surface area contributed by atoms with E-state index < -0.39 is 0 Å². The van der Waals surface area contributed by atoms with Crippen LogP contribution in [0.2, 0.25) is 0 Å². The molecule has 0 bridgehead atoms. The van der Waals surface area contributed by atoms with Crippen molar-refractivity contribution >= 4 is 11.7 Å². The van der Waals surface area contributed by atoms with E-state index in [9.17, 15) is 4.79 Å². The second-order valence-corrected chi connectivity index (χ2v) is 6.92. The minimum Gasteiger partial charge on any atom is -0.352 e. The molecule has 0 atom stereocenters. The van der Waals surface area contributed by atoms with Crippen molar-refractivity contribution in [1.82, 2.24) is 29.8 Å². The van der Waals surface area contributed by atoms with Gasteiger partial charge in [0.25, 0.3) is 5.78 Å². The molecule has 7 nitrogen and oxygen atoms in total. The van der Waals surface area contributed by atoms with E-state index in [4.69, 9.17) is 0 Å². The summed E-state index contributed by atoms with van der Waals surface area (Å²) < 4.78 is 1.68. The van der Waals surface area contributed by atoms with Gasteiger partial charge in [0.1, 0.15) is 6.33 Å². The zero-order valence-corrected chi connectivity index (χ0v) is 17.1. The van der Waals surface area contributed by atoms with Crippen molar-refractivity contribution < 1.29 is 4.79 Å². The molecule has 1 N–H and O–H groups in total. The quantitative estimate of drug-likeness (QED) is 0.650. The number of carbonyl (C=O) groups is 1. The van der Waals surface area contributed by atoms with Crippen LogP contribution in [0.1, 0.15) is 41.9 Å². The maximum atomic E-state index is 12.6. The van der Waals surface area contributed by atoms with Crippen molar-refractivity contribution in [2.45, 2.75) is 47.2 Å². The largest absolute Gasteiger partial charge is 0.352 e. The highest BCUT2D eigenvalue weighted by Gasteiger charge is 2.15. The molecule has 0 aliphatic heterocycles. The summed E-state index contributed by atoms with van der Waals surface area (Å²) >= 11 is 0. The smallest absolute Gasteiger partial charge is 0.252 e. The summed E-state index contributed by atoms with van der Waals surface area (Å²) in [5, 5.41) is 7.25. The average molecular weight is 380 g/mol. The first kappa shape index (κ1) is 19.9. The van der Waals surface area contributed by atoms with Crippen LogP contribution in [0.4, 0.5) is 0 Å². The lowest BCUT2D eigenvalue weighted by Gasteiger charge is -2.20. The zero-order chi connectivity index (χ0) is 20.1. The van der Waals surface area contributed by atoms with E-state index in [1.165, 1.54) is 11.9 Å². The Bertz CT molecular complexity index is 961. The van der Waals surface area contributed by atoms with E-state index in [1.54, 1.807) is 4.52 Å². The van der Waals surface area contributed by atoms with Crippen molar-refractivity contribution in [2.75, 3.05) is 13.1 Å². The van der Waals surface area contributed by atoms with Gasteiger partial charge in [0.05, 0.1) is 6.42 Å². The first-order valence-corrected chi connectivity index (χ1v) is 9.75. The Morgan fingerprint density at radius 1 is 1.14 bits per heavy atom. The molecule has 0 spiro atoms. The highest BCUT2D eigenvalue weighted by molar-refractivity contribution is 5.79.